The van der Waals surface area contributed by atoms with Crippen LogP contribution in [0.3, 0.4) is 0 Å². The number of nitrogens with one attached hydrogen (secondary N) is 2. The summed E-state index contributed by atoms with van der Waals surface area (Å²) in [6.07, 6.45) is 5.11. The monoisotopic (exact) mass is 346 g/mol. The Labute approximate surface area is 147 Å². The Morgan fingerprint density at radius 2 is 1.58 bits per heavy atom. The summed E-state index contributed by atoms with van der Waals surface area (Å²) in [4.78, 5) is 0. The van der Waals surface area contributed by atoms with Crippen LogP contribution in [0.2, 0.25) is 0 Å². The maximum atomic E-state index is 5.64. The predicted octanol–water partition coefficient (Wildman–Crippen LogP) is 1.58. The van der Waals surface area contributed by atoms with Gasteiger partial charge in [-0.3, -0.25) is 0 Å². The van der Waals surface area contributed by atoms with E-state index in [1.165, 1.54) is 19.3 Å². The standard InChI is InChI=1S/C10H21NO2.C8H17NO2/c1-9(2)13-8-10(7-12-3)5-4-6-11-10;1-10-5-7-3-4-8(9-7)6-11-2/h9,11H,4-8H2,1-3H3;7-9H,3-6H2,1-2H3. The van der Waals surface area contributed by atoms with Crippen LogP contribution >= 0.6 is 0 Å². The van der Waals surface area contributed by atoms with Gasteiger partial charge in [0.05, 0.1) is 38.1 Å². The molecular weight excluding hydrogens is 308 g/mol. The molecule has 2 N–H and O–H groups in total. The van der Waals surface area contributed by atoms with Crippen LogP contribution in [-0.4, -0.2) is 78.0 Å². The number of hydrogen-bond donors (Lipinski definition) is 2. The Hall–Kier alpha value is -0.240. The number of rotatable bonds is 9. The van der Waals surface area contributed by atoms with Crippen LogP contribution < -0.4 is 10.6 Å². The summed E-state index contributed by atoms with van der Waals surface area (Å²) in [7, 11) is 5.23. The molecule has 2 heterocycles. The topological polar surface area (TPSA) is 61.0 Å². The Kier molecular flexibility index (Phi) is 11.1. The van der Waals surface area contributed by atoms with Crippen LogP contribution in [0, 0.1) is 0 Å². The van der Waals surface area contributed by atoms with Crippen molar-refractivity contribution in [2.75, 3.05) is 54.3 Å². The molecule has 0 amide bonds. The van der Waals surface area contributed by atoms with Crippen LogP contribution in [0.25, 0.3) is 0 Å². The summed E-state index contributed by atoms with van der Waals surface area (Å²) in [6.45, 7) is 8.37. The van der Waals surface area contributed by atoms with Gasteiger partial charge in [-0.15, -0.1) is 0 Å². The smallest absolute Gasteiger partial charge is 0.0674 e. The molecule has 0 bridgehead atoms. The molecule has 0 aromatic carbocycles. The van der Waals surface area contributed by atoms with Gasteiger partial charge in [0.1, 0.15) is 0 Å². The summed E-state index contributed by atoms with van der Waals surface area (Å²) in [5.41, 5.74) is 0.0824. The van der Waals surface area contributed by atoms with E-state index in [2.05, 4.69) is 24.5 Å². The molecular formula is C18H38N2O4. The van der Waals surface area contributed by atoms with Crippen molar-refractivity contribution < 1.29 is 18.9 Å². The van der Waals surface area contributed by atoms with E-state index in [9.17, 15) is 0 Å². The minimum atomic E-state index is 0.0824. The lowest BCUT2D eigenvalue weighted by Gasteiger charge is -2.29. The van der Waals surface area contributed by atoms with E-state index in [0.717, 1.165) is 39.4 Å². The van der Waals surface area contributed by atoms with E-state index in [4.69, 9.17) is 18.9 Å². The summed E-state index contributed by atoms with van der Waals surface area (Å²) in [5, 5.41) is 6.92. The van der Waals surface area contributed by atoms with E-state index in [-0.39, 0.29) is 5.54 Å². The molecule has 2 aliphatic heterocycles. The van der Waals surface area contributed by atoms with Crippen molar-refractivity contribution in [3.63, 3.8) is 0 Å². The van der Waals surface area contributed by atoms with Crippen molar-refractivity contribution in [2.45, 2.75) is 63.3 Å². The van der Waals surface area contributed by atoms with Crippen LogP contribution in [0.4, 0.5) is 0 Å². The minimum absolute atomic E-state index is 0.0824. The fourth-order valence-corrected chi connectivity index (χ4v) is 3.33. The van der Waals surface area contributed by atoms with Gasteiger partial charge in [0.25, 0.3) is 0 Å². The molecule has 0 aromatic rings. The first-order valence-electron chi connectivity index (χ1n) is 9.14. The molecule has 144 valence electrons. The molecule has 2 aliphatic rings. The number of hydrogen-bond acceptors (Lipinski definition) is 6. The molecule has 2 saturated heterocycles. The Morgan fingerprint density at radius 1 is 0.958 bits per heavy atom. The molecule has 3 atom stereocenters. The molecule has 6 heteroatoms. The van der Waals surface area contributed by atoms with Gasteiger partial charge in [-0.2, -0.15) is 0 Å². The molecule has 0 spiro atoms. The third kappa shape index (κ3) is 8.23. The zero-order valence-corrected chi connectivity index (χ0v) is 16.2. The summed E-state index contributed by atoms with van der Waals surface area (Å²) in [6, 6.07) is 1.08. The van der Waals surface area contributed by atoms with Crippen molar-refractivity contribution in [3.8, 4) is 0 Å². The van der Waals surface area contributed by atoms with Crippen molar-refractivity contribution >= 4 is 0 Å². The van der Waals surface area contributed by atoms with Crippen molar-refractivity contribution in [1.29, 1.82) is 0 Å². The van der Waals surface area contributed by atoms with Gasteiger partial charge in [0.2, 0.25) is 0 Å². The molecule has 24 heavy (non-hydrogen) atoms. The predicted molar refractivity (Wildman–Crippen MR) is 96.6 cm³/mol. The fraction of sp³-hybridized carbons (Fsp3) is 1.00. The van der Waals surface area contributed by atoms with Crippen molar-refractivity contribution in [3.05, 3.63) is 0 Å². The van der Waals surface area contributed by atoms with Gasteiger partial charge in [-0.05, 0) is 46.1 Å². The van der Waals surface area contributed by atoms with Gasteiger partial charge < -0.3 is 29.6 Å². The second-order valence-corrected chi connectivity index (χ2v) is 7.15. The SMILES string of the molecule is COCC1(COC(C)C)CCCN1.COCC1CCC(COC)N1. The van der Waals surface area contributed by atoms with Gasteiger partial charge in [-0.25, -0.2) is 0 Å². The quantitative estimate of drug-likeness (QED) is 0.661. The normalized spacial score (nSPS) is 29.8. The molecule has 0 saturated carbocycles. The highest BCUT2D eigenvalue weighted by molar-refractivity contribution is 4.93. The van der Waals surface area contributed by atoms with E-state index in [1.807, 2.05) is 0 Å². The first-order valence-corrected chi connectivity index (χ1v) is 9.14. The van der Waals surface area contributed by atoms with Gasteiger partial charge in [0.15, 0.2) is 0 Å². The highest BCUT2D eigenvalue weighted by Crippen LogP contribution is 2.20. The number of ether oxygens (including phenoxy) is 4. The van der Waals surface area contributed by atoms with E-state index >= 15 is 0 Å². The maximum Gasteiger partial charge on any atom is 0.0674 e. The Bertz CT molecular complexity index is 297. The molecule has 2 fully saturated rings. The van der Waals surface area contributed by atoms with Gasteiger partial charge in [0, 0.05) is 33.4 Å². The fourth-order valence-electron chi connectivity index (χ4n) is 3.33. The van der Waals surface area contributed by atoms with Crippen molar-refractivity contribution in [1.82, 2.24) is 10.6 Å². The van der Waals surface area contributed by atoms with E-state index in [1.54, 1.807) is 21.3 Å². The highest BCUT2D eigenvalue weighted by atomic mass is 16.5. The van der Waals surface area contributed by atoms with Gasteiger partial charge in [-0.1, -0.05) is 0 Å². The summed E-state index contributed by atoms with van der Waals surface area (Å²) >= 11 is 0. The second-order valence-electron chi connectivity index (χ2n) is 7.15. The molecule has 0 aliphatic carbocycles. The van der Waals surface area contributed by atoms with Crippen LogP contribution in [0.5, 0.6) is 0 Å². The van der Waals surface area contributed by atoms with Gasteiger partial charge >= 0.3 is 0 Å². The third-order valence-corrected chi connectivity index (χ3v) is 4.52. The largest absolute Gasteiger partial charge is 0.383 e. The maximum absolute atomic E-state index is 5.64. The summed E-state index contributed by atoms with van der Waals surface area (Å²) in [5.74, 6) is 0. The second kappa shape index (κ2) is 12.2. The first kappa shape index (κ1) is 21.8. The summed E-state index contributed by atoms with van der Waals surface area (Å²) < 4.78 is 21.0. The average Bonchev–Trinajstić information content (AvgIpc) is 3.18. The Balaban J connectivity index is 0.000000243. The number of methoxy groups -OCH3 is 3. The lowest BCUT2D eigenvalue weighted by Crippen LogP contribution is -2.48. The van der Waals surface area contributed by atoms with Crippen LogP contribution in [-0.2, 0) is 18.9 Å². The van der Waals surface area contributed by atoms with Crippen molar-refractivity contribution in [2.24, 2.45) is 0 Å². The molecule has 3 unspecified atom stereocenters. The average molecular weight is 347 g/mol. The van der Waals surface area contributed by atoms with E-state index in [0.29, 0.717) is 18.2 Å². The molecule has 0 radical (unpaired) electrons. The zero-order chi connectivity index (χ0) is 17.8. The molecule has 0 aromatic heterocycles. The Morgan fingerprint density at radius 3 is 2.00 bits per heavy atom. The lowest BCUT2D eigenvalue weighted by molar-refractivity contribution is 0.00264. The minimum Gasteiger partial charge on any atom is -0.383 e. The first-order chi connectivity index (χ1) is 11.5. The molecule has 2 rings (SSSR count). The van der Waals surface area contributed by atoms with Crippen LogP contribution in [0.1, 0.15) is 39.5 Å². The lowest BCUT2D eigenvalue weighted by atomic mass is 10.00. The van der Waals surface area contributed by atoms with Crippen LogP contribution in [0.15, 0.2) is 0 Å². The molecule has 6 nitrogen and oxygen atoms in total. The third-order valence-electron chi connectivity index (χ3n) is 4.52. The zero-order valence-electron chi connectivity index (χ0n) is 16.2. The van der Waals surface area contributed by atoms with E-state index < -0.39 is 0 Å². The highest BCUT2D eigenvalue weighted by Gasteiger charge is 2.33.